The molecule has 10 heteroatoms. The molecule has 1 aromatic heterocycles. The van der Waals surface area contributed by atoms with Gasteiger partial charge in [0.15, 0.2) is 15.8 Å². The molecular formula is C15H27IN4O3S2. The van der Waals surface area contributed by atoms with E-state index in [1.807, 2.05) is 12.3 Å². The van der Waals surface area contributed by atoms with Crippen LogP contribution in [0.1, 0.15) is 23.5 Å². The van der Waals surface area contributed by atoms with Crippen LogP contribution in [0.15, 0.2) is 10.4 Å². The van der Waals surface area contributed by atoms with Crippen molar-refractivity contribution in [3.8, 4) is 0 Å². The first-order chi connectivity index (χ1) is 11.4. The summed E-state index contributed by atoms with van der Waals surface area (Å²) in [5.74, 6) is 0.608. The van der Waals surface area contributed by atoms with Gasteiger partial charge in [-0.2, -0.15) is 0 Å². The van der Waals surface area contributed by atoms with Crippen molar-refractivity contribution in [1.29, 1.82) is 0 Å². The molecule has 1 aliphatic rings. The topological polar surface area (TPSA) is 92.7 Å². The average Bonchev–Trinajstić information content (AvgIpc) is 2.96. The fourth-order valence-electron chi connectivity index (χ4n) is 2.72. The lowest BCUT2D eigenvalue weighted by Crippen LogP contribution is -2.53. The van der Waals surface area contributed by atoms with Gasteiger partial charge in [-0.25, -0.2) is 13.4 Å². The minimum atomic E-state index is -3.19. The van der Waals surface area contributed by atoms with E-state index >= 15 is 0 Å². The molecule has 0 bridgehead atoms. The SMILES string of the molecule is CN=C(NCCc1csc(C)n1)NCC1(S(C)(=O)=O)CCOCC1.I. The van der Waals surface area contributed by atoms with Gasteiger partial charge in [-0.3, -0.25) is 4.99 Å². The van der Waals surface area contributed by atoms with Crippen LogP contribution in [0.25, 0.3) is 0 Å². The lowest BCUT2D eigenvalue weighted by Gasteiger charge is -2.35. The van der Waals surface area contributed by atoms with Crippen LogP contribution in [0.3, 0.4) is 0 Å². The Kier molecular flexibility index (Phi) is 9.05. The van der Waals surface area contributed by atoms with Gasteiger partial charge in [0.05, 0.1) is 15.4 Å². The van der Waals surface area contributed by atoms with Gasteiger partial charge < -0.3 is 15.4 Å². The van der Waals surface area contributed by atoms with Crippen LogP contribution in [0.4, 0.5) is 0 Å². The Balaban J connectivity index is 0.00000312. The highest BCUT2D eigenvalue weighted by Gasteiger charge is 2.42. The van der Waals surface area contributed by atoms with Crippen molar-refractivity contribution in [1.82, 2.24) is 15.6 Å². The molecule has 0 radical (unpaired) electrons. The van der Waals surface area contributed by atoms with Gasteiger partial charge in [0.2, 0.25) is 0 Å². The van der Waals surface area contributed by atoms with Crippen LogP contribution in [-0.4, -0.2) is 63.7 Å². The zero-order chi connectivity index (χ0) is 17.6. The number of sulfone groups is 1. The average molecular weight is 502 g/mol. The van der Waals surface area contributed by atoms with E-state index in [2.05, 4.69) is 20.6 Å². The number of hydrogen-bond donors (Lipinski definition) is 2. The van der Waals surface area contributed by atoms with Crippen molar-refractivity contribution in [2.75, 3.05) is 39.6 Å². The maximum absolute atomic E-state index is 12.2. The number of ether oxygens (including phenoxy) is 1. The van der Waals surface area contributed by atoms with Gasteiger partial charge in [0, 0.05) is 51.4 Å². The highest BCUT2D eigenvalue weighted by molar-refractivity contribution is 14.0. The molecule has 2 N–H and O–H groups in total. The van der Waals surface area contributed by atoms with Crippen molar-refractivity contribution in [3.05, 3.63) is 16.1 Å². The Morgan fingerprint density at radius 2 is 2.08 bits per heavy atom. The van der Waals surface area contributed by atoms with Gasteiger partial charge in [-0.15, -0.1) is 35.3 Å². The highest BCUT2D eigenvalue weighted by Crippen LogP contribution is 2.28. The second-order valence-corrected chi connectivity index (χ2v) is 9.50. The number of nitrogens with one attached hydrogen (secondary N) is 2. The van der Waals surface area contributed by atoms with Gasteiger partial charge in [-0.1, -0.05) is 0 Å². The predicted octanol–water partition coefficient (Wildman–Crippen LogP) is 1.37. The number of nitrogens with zero attached hydrogens (tertiary/aromatic N) is 2. The lowest BCUT2D eigenvalue weighted by atomic mass is 9.99. The highest BCUT2D eigenvalue weighted by atomic mass is 127. The predicted molar refractivity (Wildman–Crippen MR) is 113 cm³/mol. The van der Waals surface area contributed by atoms with Gasteiger partial charge >= 0.3 is 0 Å². The Morgan fingerprint density at radius 1 is 1.40 bits per heavy atom. The first-order valence-corrected chi connectivity index (χ1v) is 10.8. The summed E-state index contributed by atoms with van der Waals surface area (Å²) in [6.07, 6.45) is 3.12. The summed E-state index contributed by atoms with van der Waals surface area (Å²) in [5, 5.41) is 9.48. The normalized spacial score (nSPS) is 17.6. The third-order valence-corrected chi connectivity index (χ3v) is 7.28. The van der Waals surface area contributed by atoms with Crippen LogP contribution in [0.2, 0.25) is 0 Å². The summed E-state index contributed by atoms with van der Waals surface area (Å²) in [5.41, 5.74) is 1.05. The van der Waals surface area contributed by atoms with E-state index in [0.717, 1.165) is 17.1 Å². The molecule has 2 heterocycles. The number of hydrogen-bond acceptors (Lipinski definition) is 6. The van der Waals surface area contributed by atoms with Crippen molar-refractivity contribution in [2.45, 2.75) is 30.9 Å². The molecule has 7 nitrogen and oxygen atoms in total. The standard InChI is InChI=1S/C15H26N4O3S2.HI/c1-12-19-13(10-23-12)4-7-17-14(16-2)18-11-15(24(3,20)21)5-8-22-9-6-15;/h10H,4-9,11H2,1-3H3,(H2,16,17,18);1H. The Bertz CT molecular complexity index is 670. The molecule has 1 aliphatic heterocycles. The number of aromatic nitrogens is 1. The molecule has 0 amide bonds. The number of thiazole rings is 1. The van der Waals surface area contributed by atoms with E-state index in [-0.39, 0.29) is 24.0 Å². The summed E-state index contributed by atoms with van der Waals surface area (Å²) < 4.78 is 29.0. The summed E-state index contributed by atoms with van der Waals surface area (Å²) >= 11 is 1.64. The molecule has 1 saturated heterocycles. The Labute approximate surface area is 171 Å². The van der Waals surface area contributed by atoms with Crippen LogP contribution < -0.4 is 10.6 Å². The Morgan fingerprint density at radius 3 is 2.60 bits per heavy atom. The monoisotopic (exact) mass is 502 g/mol. The maximum Gasteiger partial charge on any atom is 0.191 e. The molecule has 144 valence electrons. The van der Waals surface area contributed by atoms with Gasteiger partial charge in [0.25, 0.3) is 0 Å². The van der Waals surface area contributed by atoms with Crippen molar-refractivity contribution in [3.63, 3.8) is 0 Å². The smallest absolute Gasteiger partial charge is 0.191 e. The molecule has 25 heavy (non-hydrogen) atoms. The summed E-state index contributed by atoms with van der Waals surface area (Å²) in [7, 11) is -1.51. The van der Waals surface area contributed by atoms with E-state index in [4.69, 9.17) is 4.74 Å². The quantitative estimate of drug-likeness (QED) is 0.347. The van der Waals surface area contributed by atoms with Crippen LogP contribution in [0.5, 0.6) is 0 Å². The maximum atomic E-state index is 12.2. The minimum absolute atomic E-state index is 0. The molecule has 0 spiro atoms. The second kappa shape index (κ2) is 10.0. The molecular weight excluding hydrogens is 475 g/mol. The Hall–Kier alpha value is -0.460. The minimum Gasteiger partial charge on any atom is -0.381 e. The van der Waals surface area contributed by atoms with Crippen LogP contribution in [-0.2, 0) is 21.0 Å². The number of guanidine groups is 1. The first-order valence-electron chi connectivity index (χ1n) is 7.99. The molecule has 0 atom stereocenters. The van der Waals surface area contributed by atoms with Crippen molar-refractivity contribution in [2.24, 2.45) is 4.99 Å². The molecule has 2 rings (SSSR count). The van der Waals surface area contributed by atoms with Gasteiger partial charge in [0.1, 0.15) is 0 Å². The van der Waals surface area contributed by atoms with Crippen LogP contribution >= 0.6 is 35.3 Å². The van der Waals surface area contributed by atoms with Crippen molar-refractivity contribution >= 4 is 51.1 Å². The first kappa shape index (κ1) is 22.6. The molecule has 0 aliphatic carbocycles. The van der Waals surface area contributed by atoms with E-state index in [1.54, 1.807) is 18.4 Å². The summed E-state index contributed by atoms with van der Waals surface area (Å²) in [4.78, 5) is 8.59. The molecule has 0 aromatic carbocycles. The number of aryl methyl sites for hydroxylation is 1. The van der Waals surface area contributed by atoms with Crippen LogP contribution in [0, 0.1) is 6.92 Å². The number of rotatable bonds is 6. The van der Waals surface area contributed by atoms with E-state index in [9.17, 15) is 8.42 Å². The molecule has 1 fully saturated rings. The largest absolute Gasteiger partial charge is 0.381 e. The van der Waals surface area contributed by atoms with Crippen molar-refractivity contribution < 1.29 is 13.2 Å². The fraction of sp³-hybridized carbons (Fsp3) is 0.733. The van der Waals surface area contributed by atoms with E-state index in [0.29, 0.717) is 45.1 Å². The zero-order valence-electron chi connectivity index (χ0n) is 14.9. The molecule has 1 aromatic rings. The fourth-order valence-corrected chi connectivity index (χ4v) is 4.61. The third kappa shape index (κ3) is 6.33. The number of aliphatic imine (C=N–C) groups is 1. The number of halogens is 1. The summed E-state index contributed by atoms with van der Waals surface area (Å²) in [6.45, 7) is 3.97. The molecule has 0 saturated carbocycles. The lowest BCUT2D eigenvalue weighted by molar-refractivity contribution is 0.0756. The summed E-state index contributed by atoms with van der Waals surface area (Å²) in [6, 6.07) is 0. The zero-order valence-corrected chi connectivity index (χ0v) is 18.8. The second-order valence-electron chi connectivity index (χ2n) is 6.03. The van der Waals surface area contributed by atoms with E-state index in [1.165, 1.54) is 6.26 Å². The van der Waals surface area contributed by atoms with E-state index < -0.39 is 14.6 Å². The molecule has 0 unspecified atom stereocenters. The third-order valence-electron chi connectivity index (χ3n) is 4.33. The van der Waals surface area contributed by atoms with Gasteiger partial charge in [-0.05, 0) is 19.8 Å².